The molecule has 0 unspecified atom stereocenters. The zero-order valence-corrected chi connectivity index (χ0v) is 9.09. The second kappa shape index (κ2) is 5.82. The van der Waals surface area contributed by atoms with Crippen molar-refractivity contribution in [2.24, 2.45) is 0 Å². The van der Waals surface area contributed by atoms with Crippen LogP contribution < -0.4 is 0 Å². The molecule has 0 amide bonds. The van der Waals surface area contributed by atoms with E-state index < -0.39 is 0 Å². The molecule has 77 valence electrons. The first-order valence-electron chi connectivity index (χ1n) is 5.40. The molecule has 1 aromatic rings. The van der Waals surface area contributed by atoms with E-state index >= 15 is 0 Å². The van der Waals surface area contributed by atoms with Gasteiger partial charge in [0.05, 0.1) is 0 Å². The second-order valence-electron chi connectivity index (χ2n) is 3.71. The van der Waals surface area contributed by atoms with Crippen molar-refractivity contribution in [3.8, 4) is 0 Å². The van der Waals surface area contributed by atoms with E-state index in [1.165, 1.54) is 17.7 Å². The predicted octanol–water partition coefficient (Wildman–Crippen LogP) is 3.47. The number of aliphatic hydroxyl groups is 1. The Bertz CT molecular complexity index is 254. The third kappa shape index (κ3) is 3.15. The summed E-state index contributed by atoms with van der Waals surface area (Å²) in [6.45, 7) is 5.54. The number of aliphatic hydroxyl groups excluding tert-OH is 1. The summed E-state index contributed by atoms with van der Waals surface area (Å²) >= 11 is 0. The van der Waals surface area contributed by atoms with Crippen LogP contribution in [0.2, 0.25) is 0 Å². The summed E-state index contributed by atoms with van der Waals surface area (Å²) in [4.78, 5) is 0. The van der Waals surface area contributed by atoms with Crippen LogP contribution in [0.25, 0.3) is 0 Å². The van der Waals surface area contributed by atoms with Crippen molar-refractivity contribution in [1.82, 2.24) is 0 Å². The lowest BCUT2D eigenvalue weighted by Gasteiger charge is -2.06. The van der Waals surface area contributed by atoms with Crippen LogP contribution in [0.3, 0.4) is 0 Å². The van der Waals surface area contributed by atoms with E-state index in [4.69, 9.17) is 5.11 Å². The number of benzene rings is 1. The Balaban J connectivity index is 2.88. The summed E-state index contributed by atoms with van der Waals surface area (Å²) in [5.74, 6) is 0. The molecule has 1 rings (SSSR count). The minimum atomic E-state index is 0.930. The van der Waals surface area contributed by atoms with E-state index in [-0.39, 0.29) is 0 Å². The third-order valence-electron chi connectivity index (χ3n) is 2.30. The van der Waals surface area contributed by atoms with Gasteiger partial charge in [0, 0.05) is 0 Å². The van der Waals surface area contributed by atoms with Gasteiger partial charge in [0.2, 0.25) is 0 Å². The Labute approximate surface area is 86.8 Å². The summed E-state index contributed by atoms with van der Waals surface area (Å²) in [6, 6.07) is 6.37. The third-order valence-corrected chi connectivity index (χ3v) is 2.30. The van der Waals surface area contributed by atoms with Gasteiger partial charge in [-0.25, -0.2) is 0 Å². The van der Waals surface area contributed by atoms with Crippen LogP contribution >= 0.6 is 0 Å². The Morgan fingerprint density at radius 2 is 1.50 bits per heavy atom. The minimum absolute atomic E-state index is 0.930. The summed E-state index contributed by atoms with van der Waals surface area (Å²) in [5.41, 5.74) is 3.59. The highest BCUT2D eigenvalue weighted by Crippen LogP contribution is 2.14. The van der Waals surface area contributed by atoms with Crippen molar-refractivity contribution < 1.29 is 5.11 Å². The lowest BCUT2D eigenvalue weighted by molar-refractivity contribution is 0.414. The van der Waals surface area contributed by atoms with Gasteiger partial charge in [0.15, 0.2) is 0 Å². The maximum atomic E-state index is 9.00. The van der Waals surface area contributed by atoms with Crippen LogP contribution in [0.5, 0.6) is 0 Å². The zero-order valence-electron chi connectivity index (χ0n) is 9.09. The first-order valence-corrected chi connectivity index (χ1v) is 5.40. The SMILES string of the molecule is CCCc1cc([CH]O)cc(CCC)c1. The molecule has 0 spiro atoms. The van der Waals surface area contributed by atoms with Crippen molar-refractivity contribution in [1.29, 1.82) is 0 Å². The van der Waals surface area contributed by atoms with Crippen LogP contribution in [0.15, 0.2) is 18.2 Å². The van der Waals surface area contributed by atoms with E-state index in [9.17, 15) is 0 Å². The molecule has 1 N–H and O–H groups in total. The van der Waals surface area contributed by atoms with Crippen molar-refractivity contribution in [3.05, 3.63) is 41.5 Å². The molecular weight excluding hydrogens is 172 g/mol. The maximum absolute atomic E-state index is 9.00. The summed E-state index contributed by atoms with van der Waals surface area (Å²) < 4.78 is 0. The molecular formula is C13H19O. The average molecular weight is 191 g/mol. The fraction of sp³-hybridized carbons (Fsp3) is 0.462. The van der Waals surface area contributed by atoms with E-state index in [0.29, 0.717) is 0 Å². The first kappa shape index (κ1) is 11.3. The van der Waals surface area contributed by atoms with Crippen LogP contribution in [-0.2, 0) is 12.8 Å². The molecule has 0 aromatic heterocycles. The van der Waals surface area contributed by atoms with E-state index in [2.05, 4.69) is 32.0 Å². The van der Waals surface area contributed by atoms with Crippen molar-refractivity contribution in [3.63, 3.8) is 0 Å². The molecule has 1 aromatic carbocycles. The van der Waals surface area contributed by atoms with Gasteiger partial charge < -0.3 is 5.11 Å². The lowest BCUT2D eigenvalue weighted by atomic mass is 10.0. The Hall–Kier alpha value is -0.820. The zero-order chi connectivity index (χ0) is 10.4. The van der Waals surface area contributed by atoms with E-state index in [1.54, 1.807) is 0 Å². The molecule has 1 radical (unpaired) electrons. The predicted molar refractivity (Wildman–Crippen MR) is 59.8 cm³/mol. The number of hydrogen-bond donors (Lipinski definition) is 1. The first-order chi connectivity index (χ1) is 6.80. The van der Waals surface area contributed by atoms with E-state index in [1.807, 2.05) is 0 Å². The van der Waals surface area contributed by atoms with Crippen molar-refractivity contribution in [2.75, 3.05) is 0 Å². The molecule has 0 aliphatic rings. The highest BCUT2D eigenvalue weighted by molar-refractivity contribution is 5.33. The Morgan fingerprint density at radius 3 is 1.86 bits per heavy atom. The topological polar surface area (TPSA) is 20.2 Å². The van der Waals surface area contributed by atoms with Gasteiger partial charge >= 0.3 is 0 Å². The molecule has 1 heteroatoms. The van der Waals surface area contributed by atoms with Gasteiger partial charge in [-0.05, 0) is 29.5 Å². The number of hydrogen-bond acceptors (Lipinski definition) is 1. The molecule has 0 heterocycles. The number of rotatable bonds is 5. The summed E-state index contributed by atoms with van der Waals surface area (Å²) in [5, 5.41) is 9.00. The molecule has 0 saturated carbocycles. The van der Waals surface area contributed by atoms with Crippen molar-refractivity contribution >= 4 is 0 Å². The quantitative estimate of drug-likeness (QED) is 0.755. The Kier molecular flexibility index (Phi) is 4.68. The molecule has 1 nitrogen and oxygen atoms in total. The molecule has 0 saturated heterocycles. The van der Waals surface area contributed by atoms with Gasteiger partial charge in [-0.15, -0.1) is 0 Å². The largest absolute Gasteiger partial charge is 0.385 e. The highest BCUT2D eigenvalue weighted by Gasteiger charge is 1.99. The number of aryl methyl sites for hydroxylation is 2. The molecule has 0 aliphatic carbocycles. The normalized spacial score (nSPS) is 10.5. The minimum Gasteiger partial charge on any atom is -0.385 e. The van der Waals surface area contributed by atoms with Gasteiger partial charge in [0.1, 0.15) is 6.61 Å². The second-order valence-corrected chi connectivity index (χ2v) is 3.71. The van der Waals surface area contributed by atoms with E-state index in [0.717, 1.165) is 31.2 Å². The molecule has 0 aliphatic heterocycles. The standard InChI is InChI=1S/C13H19O/c1-3-5-11-7-12(6-4-2)9-13(8-11)10-14/h7-10,14H,3-6H2,1-2H3. The molecule has 14 heavy (non-hydrogen) atoms. The van der Waals surface area contributed by atoms with Gasteiger partial charge in [-0.2, -0.15) is 0 Å². The van der Waals surface area contributed by atoms with Crippen LogP contribution in [-0.4, -0.2) is 5.11 Å². The van der Waals surface area contributed by atoms with Crippen LogP contribution in [0.4, 0.5) is 0 Å². The highest BCUT2D eigenvalue weighted by atomic mass is 16.3. The average Bonchev–Trinajstić information content (AvgIpc) is 2.18. The molecule has 0 fully saturated rings. The summed E-state index contributed by atoms with van der Waals surface area (Å²) in [7, 11) is 0. The van der Waals surface area contributed by atoms with Crippen LogP contribution in [0.1, 0.15) is 43.4 Å². The lowest BCUT2D eigenvalue weighted by Crippen LogP contribution is -1.92. The Morgan fingerprint density at radius 1 is 1.00 bits per heavy atom. The summed E-state index contributed by atoms with van der Waals surface area (Å²) in [6.07, 6.45) is 4.50. The fourth-order valence-corrected chi connectivity index (χ4v) is 1.73. The van der Waals surface area contributed by atoms with Gasteiger partial charge in [0.25, 0.3) is 0 Å². The van der Waals surface area contributed by atoms with Gasteiger partial charge in [-0.3, -0.25) is 0 Å². The monoisotopic (exact) mass is 191 g/mol. The van der Waals surface area contributed by atoms with Gasteiger partial charge in [-0.1, -0.05) is 44.9 Å². The molecule has 0 atom stereocenters. The maximum Gasteiger partial charge on any atom is 0.109 e. The smallest absolute Gasteiger partial charge is 0.109 e. The fourth-order valence-electron chi connectivity index (χ4n) is 1.73. The van der Waals surface area contributed by atoms with Crippen LogP contribution in [0, 0.1) is 6.61 Å². The van der Waals surface area contributed by atoms with Crippen molar-refractivity contribution in [2.45, 2.75) is 39.5 Å². The molecule has 0 bridgehead atoms.